The van der Waals surface area contributed by atoms with Crippen molar-refractivity contribution in [1.82, 2.24) is 0 Å². The van der Waals surface area contributed by atoms with E-state index in [-0.39, 0.29) is 12.8 Å². The fourth-order valence-corrected chi connectivity index (χ4v) is 3.92. The van der Waals surface area contributed by atoms with Gasteiger partial charge < -0.3 is 0 Å². The van der Waals surface area contributed by atoms with Crippen LogP contribution in [0.4, 0.5) is 74.6 Å². The molecule has 0 aliphatic carbocycles. The Kier molecular flexibility index (Phi) is 10.4. The highest BCUT2D eigenvalue weighted by Crippen LogP contribution is 2.64. The predicted molar refractivity (Wildman–Crippen MR) is 104 cm³/mol. The number of unbranched alkanes of at least 4 members (excludes halogenated alkanes) is 1. The van der Waals surface area contributed by atoms with Gasteiger partial charge in [0, 0.05) is 6.42 Å². The van der Waals surface area contributed by atoms with Crippen LogP contribution in [-0.2, 0) is 20.7 Å². The Hall–Kier alpha value is -2.06. The number of alkyl halides is 17. The third-order valence-electron chi connectivity index (χ3n) is 5.42. The van der Waals surface area contributed by atoms with Gasteiger partial charge in [-0.25, -0.2) is 0 Å². The van der Waals surface area contributed by atoms with Gasteiger partial charge in [0.2, 0.25) is 0 Å². The molecule has 240 valence electrons. The summed E-state index contributed by atoms with van der Waals surface area (Å²) in [6.45, 7) is -0.792. The van der Waals surface area contributed by atoms with Crippen molar-refractivity contribution in [2.75, 3.05) is 12.4 Å². The van der Waals surface area contributed by atoms with Crippen molar-refractivity contribution >= 4 is 10.1 Å². The Morgan fingerprint density at radius 1 is 0.561 bits per heavy atom. The van der Waals surface area contributed by atoms with Crippen LogP contribution >= 0.6 is 0 Å². The molecule has 0 saturated heterocycles. The summed E-state index contributed by atoms with van der Waals surface area (Å²) in [6.07, 6.45) is -10.5. The highest BCUT2D eigenvalue weighted by molar-refractivity contribution is 7.86. The van der Waals surface area contributed by atoms with E-state index in [9.17, 15) is 83.1 Å². The third-order valence-corrected chi connectivity index (χ3v) is 6.65. The first kappa shape index (κ1) is 37.0. The van der Waals surface area contributed by atoms with E-state index in [1.807, 2.05) is 0 Å². The topological polar surface area (TPSA) is 43.4 Å². The molecule has 0 aliphatic heterocycles. The fourth-order valence-electron chi connectivity index (χ4n) is 2.93. The van der Waals surface area contributed by atoms with Crippen molar-refractivity contribution in [3.63, 3.8) is 0 Å². The van der Waals surface area contributed by atoms with E-state index in [2.05, 4.69) is 4.18 Å². The zero-order valence-corrected chi connectivity index (χ0v) is 20.5. The lowest BCUT2D eigenvalue weighted by molar-refractivity contribution is -0.461. The highest BCUT2D eigenvalue weighted by Gasteiger charge is 2.95. The molecule has 0 heterocycles. The number of hydrogen-bond acceptors (Lipinski definition) is 3. The first-order valence-corrected chi connectivity index (χ1v) is 12.2. The molecule has 0 aromatic heterocycles. The number of rotatable bonds is 15. The minimum absolute atomic E-state index is 0.114. The fraction of sp³-hybridized carbons (Fsp3) is 0.700. The summed E-state index contributed by atoms with van der Waals surface area (Å²) < 4.78 is 252. The van der Waals surface area contributed by atoms with Crippen molar-refractivity contribution in [3.05, 3.63) is 35.9 Å². The minimum atomic E-state index is -8.74. The summed E-state index contributed by atoms with van der Waals surface area (Å²) in [5, 5.41) is 0. The quantitative estimate of drug-likeness (QED) is 0.110. The molecule has 1 aromatic carbocycles. The van der Waals surface area contributed by atoms with Crippen LogP contribution in [0.5, 0.6) is 0 Å². The minimum Gasteiger partial charge on any atom is -0.270 e. The van der Waals surface area contributed by atoms with Crippen LogP contribution in [0.15, 0.2) is 30.3 Å². The molecule has 0 aliphatic rings. The van der Waals surface area contributed by atoms with Crippen LogP contribution in [-0.4, -0.2) is 68.4 Å². The van der Waals surface area contributed by atoms with Gasteiger partial charge in [-0.1, -0.05) is 30.3 Å². The lowest BCUT2D eigenvalue weighted by atomic mass is 9.88. The van der Waals surface area contributed by atoms with Crippen LogP contribution in [0.3, 0.4) is 0 Å². The van der Waals surface area contributed by atoms with Crippen LogP contribution in [0.25, 0.3) is 0 Å². The van der Waals surface area contributed by atoms with Gasteiger partial charge in [0.15, 0.2) is 0 Å². The smallest absolute Gasteiger partial charge is 0.270 e. The highest BCUT2D eigenvalue weighted by atomic mass is 32.2. The summed E-state index contributed by atoms with van der Waals surface area (Å²) in [5.74, 6) is -59.9. The molecule has 0 unspecified atom stereocenters. The molecule has 0 N–H and O–H groups in total. The van der Waals surface area contributed by atoms with Crippen molar-refractivity contribution in [2.45, 2.75) is 73.3 Å². The zero-order chi connectivity index (χ0) is 32.6. The molecule has 1 rings (SSSR count). The summed E-state index contributed by atoms with van der Waals surface area (Å²) in [5.41, 5.74) is 0.764. The Balaban J connectivity index is 3.08. The third kappa shape index (κ3) is 6.79. The van der Waals surface area contributed by atoms with E-state index in [4.69, 9.17) is 0 Å². The lowest BCUT2D eigenvalue weighted by Crippen LogP contribution is -2.74. The van der Waals surface area contributed by atoms with E-state index in [0.29, 0.717) is 6.42 Å². The maximum atomic E-state index is 13.9. The predicted octanol–water partition coefficient (Wildman–Crippen LogP) is 7.76. The Morgan fingerprint density at radius 3 is 1.41 bits per heavy atom. The molecule has 21 heteroatoms. The van der Waals surface area contributed by atoms with Gasteiger partial charge >= 0.3 is 47.6 Å². The van der Waals surface area contributed by atoms with Gasteiger partial charge in [0.1, 0.15) is 0 Å². The maximum Gasteiger partial charge on any atom is 0.460 e. The second kappa shape index (κ2) is 11.6. The molecule has 41 heavy (non-hydrogen) atoms. The van der Waals surface area contributed by atoms with Crippen molar-refractivity contribution in [3.8, 4) is 0 Å². The van der Waals surface area contributed by atoms with Crippen LogP contribution in [0.1, 0.15) is 24.8 Å². The van der Waals surface area contributed by atoms with Crippen molar-refractivity contribution in [1.29, 1.82) is 0 Å². The van der Waals surface area contributed by atoms with Gasteiger partial charge in [-0.3, -0.25) is 4.18 Å². The molecule has 0 saturated carbocycles. The van der Waals surface area contributed by atoms with Gasteiger partial charge in [0.25, 0.3) is 10.1 Å². The number of halogens is 17. The average molecular weight is 660 g/mol. The molecule has 0 atom stereocenters. The normalized spacial score (nSPS) is 15.3. The first-order chi connectivity index (χ1) is 18.0. The van der Waals surface area contributed by atoms with Crippen LogP contribution in [0.2, 0.25) is 0 Å². The van der Waals surface area contributed by atoms with Gasteiger partial charge in [-0.05, 0) is 24.8 Å². The number of aryl methyl sites for hydroxylation is 1. The Bertz CT molecular complexity index is 1120. The SMILES string of the molecule is O=S(=O)(CCC(F)(F)C(F)(F)C(F)(F)C(F)(F)C(F)(F)C(F)(F)C(F)(F)C(F)(F)F)OCCCCc1ccccc1. The van der Waals surface area contributed by atoms with E-state index in [1.54, 1.807) is 30.3 Å². The van der Waals surface area contributed by atoms with Gasteiger partial charge in [-0.2, -0.15) is 83.1 Å². The number of hydrogen-bond donors (Lipinski definition) is 0. The van der Waals surface area contributed by atoms with E-state index in [0.717, 1.165) is 5.56 Å². The summed E-state index contributed by atoms with van der Waals surface area (Å²) in [7, 11) is -5.33. The van der Waals surface area contributed by atoms with E-state index < -0.39 is 76.5 Å². The molecule has 0 bridgehead atoms. The van der Waals surface area contributed by atoms with Crippen LogP contribution < -0.4 is 0 Å². The monoisotopic (exact) mass is 660 g/mol. The van der Waals surface area contributed by atoms with Crippen molar-refractivity contribution < 1.29 is 87.2 Å². The standard InChI is InChI=1S/C20H17F17O3S/c21-13(22,9-11-41(38,39)40-10-5-4-8-12-6-2-1-3-7-12)14(23,24)15(25,26)16(27,28)17(29,30)18(31,32)19(33,34)20(35,36)37/h1-3,6-7H,4-5,8-11H2. The second-order valence-electron chi connectivity index (χ2n) is 8.43. The molecule has 0 radical (unpaired) electrons. The lowest BCUT2D eigenvalue weighted by Gasteiger charge is -2.42. The molecule has 0 fully saturated rings. The molecular weight excluding hydrogens is 643 g/mol. The summed E-state index contributed by atoms with van der Waals surface area (Å²) in [4.78, 5) is 0. The molecule has 3 nitrogen and oxygen atoms in total. The zero-order valence-electron chi connectivity index (χ0n) is 19.7. The number of benzene rings is 1. The average Bonchev–Trinajstić information content (AvgIpc) is 2.82. The van der Waals surface area contributed by atoms with E-state index in [1.165, 1.54) is 0 Å². The van der Waals surface area contributed by atoms with E-state index >= 15 is 0 Å². The molecule has 0 spiro atoms. The Morgan fingerprint density at radius 2 is 0.976 bits per heavy atom. The largest absolute Gasteiger partial charge is 0.460 e. The summed E-state index contributed by atoms with van der Waals surface area (Å²) >= 11 is 0. The first-order valence-electron chi connectivity index (χ1n) is 10.7. The summed E-state index contributed by atoms with van der Waals surface area (Å²) in [6, 6.07) is 8.30. The Labute approximate surface area is 219 Å². The van der Waals surface area contributed by atoms with Gasteiger partial charge in [0.05, 0.1) is 12.4 Å². The van der Waals surface area contributed by atoms with Gasteiger partial charge in [-0.15, -0.1) is 0 Å². The maximum absolute atomic E-state index is 13.9. The second-order valence-corrected chi connectivity index (χ2v) is 10.2. The van der Waals surface area contributed by atoms with Crippen molar-refractivity contribution in [2.24, 2.45) is 0 Å². The van der Waals surface area contributed by atoms with Crippen LogP contribution in [0, 0.1) is 0 Å². The molecule has 1 aromatic rings. The molecule has 0 amide bonds. The molecular formula is C20H17F17O3S.